The summed E-state index contributed by atoms with van der Waals surface area (Å²) in [4.78, 5) is 4.08. The zero-order chi connectivity index (χ0) is 12.5. The Morgan fingerprint density at radius 2 is 2.29 bits per heavy atom. The molecule has 1 aromatic heterocycles. The van der Waals surface area contributed by atoms with Crippen LogP contribution in [0, 0.1) is 5.92 Å². The number of ether oxygens (including phenoxy) is 1. The minimum atomic E-state index is 0.640. The van der Waals surface area contributed by atoms with Gasteiger partial charge in [-0.05, 0) is 31.4 Å². The largest absolute Gasteiger partial charge is 0.481 e. The van der Waals surface area contributed by atoms with Crippen LogP contribution in [0.15, 0.2) is 18.3 Å². The van der Waals surface area contributed by atoms with E-state index in [2.05, 4.69) is 17.2 Å². The molecule has 0 aliphatic carbocycles. The van der Waals surface area contributed by atoms with Crippen LogP contribution in [0.5, 0.6) is 5.88 Å². The molecule has 0 amide bonds. The molecule has 1 aromatic rings. The van der Waals surface area contributed by atoms with E-state index < -0.39 is 0 Å². The average molecular weight is 237 g/mol. The Balaban J connectivity index is 2.46. The topological polar surface area (TPSA) is 60.2 Å². The molecule has 1 unspecified atom stereocenters. The summed E-state index contributed by atoms with van der Waals surface area (Å²) in [6.45, 7) is 3.92. The molecule has 3 N–H and O–H groups in total. The maximum absolute atomic E-state index is 5.62. The van der Waals surface area contributed by atoms with Crippen molar-refractivity contribution in [1.29, 1.82) is 0 Å². The van der Waals surface area contributed by atoms with Crippen molar-refractivity contribution in [2.75, 3.05) is 25.5 Å². The van der Waals surface area contributed by atoms with E-state index in [1.54, 1.807) is 13.3 Å². The quantitative estimate of drug-likeness (QED) is 0.728. The molecule has 0 aliphatic rings. The van der Waals surface area contributed by atoms with Crippen molar-refractivity contribution in [1.82, 2.24) is 4.98 Å². The third-order valence-corrected chi connectivity index (χ3v) is 2.81. The summed E-state index contributed by atoms with van der Waals surface area (Å²) in [6.07, 6.45) is 5.24. The van der Waals surface area contributed by atoms with Gasteiger partial charge in [-0.15, -0.1) is 0 Å². The molecular weight excluding hydrogens is 214 g/mol. The number of methoxy groups -OCH3 is 1. The summed E-state index contributed by atoms with van der Waals surface area (Å²) in [5, 5.41) is 3.41. The van der Waals surface area contributed by atoms with E-state index in [0.29, 0.717) is 11.8 Å². The molecule has 17 heavy (non-hydrogen) atoms. The van der Waals surface area contributed by atoms with Gasteiger partial charge >= 0.3 is 0 Å². The van der Waals surface area contributed by atoms with E-state index in [9.17, 15) is 0 Å². The van der Waals surface area contributed by atoms with Crippen molar-refractivity contribution >= 4 is 5.69 Å². The Bertz CT molecular complexity index is 311. The second-order valence-corrected chi connectivity index (χ2v) is 4.20. The van der Waals surface area contributed by atoms with Crippen LogP contribution >= 0.6 is 0 Å². The smallest absolute Gasteiger partial charge is 0.214 e. The van der Waals surface area contributed by atoms with Gasteiger partial charge < -0.3 is 15.8 Å². The molecule has 1 heterocycles. The van der Waals surface area contributed by atoms with Crippen molar-refractivity contribution in [2.24, 2.45) is 11.7 Å². The highest BCUT2D eigenvalue weighted by Crippen LogP contribution is 2.16. The Hall–Kier alpha value is -1.29. The summed E-state index contributed by atoms with van der Waals surface area (Å²) >= 11 is 0. The number of nitrogens with zero attached hydrogens (tertiary/aromatic N) is 1. The van der Waals surface area contributed by atoms with Gasteiger partial charge in [0, 0.05) is 24.5 Å². The van der Waals surface area contributed by atoms with Gasteiger partial charge in [0.05, 0.1) is 7.11 Å². The molecule has 0 saturated carbocycles. The lowest BCUT2D eigenvalue weighted by molar-refractivity contribution is 0.398. The predicted octanol–water partition coefficient (Wildman–Crippen LogP) is 2.27. The van der Waals surface area contributed by atoms with Crippen molar-refractivity contribution < 1.29 is 4.74 Å². The van der Waals surface area contributed by atoms with Gasteiger partial charge in [0.15, 0.2) is 0 Å². The van der Waals surface area contributed by atoms with Gasteiger partial charge in [-0.2, -0.15) is 0 Å². The van der Waals surface area contributed by atoms with Crippen LogP contribution in [0.2, 0.25) is 0 Å². The van der Waals surface area contributed by atoms with E-state index in [4.69, 9.17) is 10.5 Å². The molecule has 96 valence electrons. The van der Waals surface area contributed by atoms with Crippen LogP contribution in [0.4, 0.5) is 5.69 Å². The first-order valence-electron chi connectivity index (χ1n) is 6.24. The van der Waals surface area contributed by atoms with Crippen LogP contribution in [-0.2, 0) is 0 Å². The minimum absolute atomic E-state index is 0.640. The number of hydrogen-bond acceptors (Lipinski definition) is 4. The van der Waals surface area contributed by atoms with Gasteiger partial charge in [0.25, 0.3) is 0 Å². The first-order chi connectivity index (χ1) is 8.30. The molecule has 1 rings (SSSR count). The van der Waals surface area contributed by atoms with Gasteiger partial charge in [0.2, 0.25) is 5.88 Å². The lowest BCUT2D eigenvalue weighted by Gasteiger charge is -2.16. The fourth-order valence-corrected chi connectivity index (χ4v) is 1.89. The highest BCUT2D eigenvalue weighted by atomic mass is 16.5. The average Bonchev–Trinajstić information content (AvgIpc) is 2.37. The molecular formula is C13H23N3O. The standard InChI is InChI=1S/C13H23N3O/c1-3-4-11(5-7-14)10-16-12-6-8-15-13(9-12)17-2/h6,8-9,11H,3-5,7,10,14H2,1-2H3,(H,15,16). The van der Waals surface area contributed by atoms with Gasteiger partial charge in [-0.1, -0.05) is 13.3 Å². The molecule has 0 bridgehead atoms. The fourth-order valence-electron chi connectivity index (χ4n) is 1.89. The van der Waals surface area contributed by atoms with Crippen LogP contribution in [0.25, 0.3) is 0 Å². The summed E-state index contributed by atoms with van der Waals surface area (Å²) in [6, 6.07) is 3.86. The highest BCUT2D eigenvalue weighted by molar-refractivity contribution is 5.44. The van der Waals surface area contributed by atoms with Crippen LogP contribution in [0.3, 0.4) is 0 Å². The maximum atomic E-state index is 5.62. The van der Waals surface area contributed by atoms with E-state index in [-0.39, 0.29) is 0 Å². The van der Waals surface area contributed by atoms with Crippen LogP contribution < -0.4 is 15.8 Å². The Kier molecular flexibility index (Phi) is 6.40. The van der Waals surface area contributed by atoms with E-state index in [1.165, 1.54) is 12.8 Å². The Labute approximate surface area is 104 Å². The number of aromatic nitrogens is 1. The zero-order valence-electron chi connectivity index (χ0n) is 10.8. The van der Waals surface area contributed by atoms with E-state index in [1.807, 2.05) is 12.1 Å². The minimum Gasteiger partial charge on any atom is -0.481 e. The lowest BCUT2D eigenvalue weighted by Crippen LogP contribution is -2.18. The number of rotatable bonds is 8. The monoisotopic (exact) mass is 237 g/mol. The van der Waals surface area contributed by atoms with Crippen molar-refractivity contribution in [3.8, 4) is 5.88 Å². The van der Waals surface area contributed by atoms with E-state index >= 15 is 0 Å². The van der Waals surface area contributed by atoms with Gasteiger partial charge in [-0.25, -0.2) is 4.98 Å². The maximum Gasteiger partial charge on any atom is 0.214 e. The summed E-state index contributed by atoms with van der Waals surface area (Å²) in [5.41, 5.74) is 6.67. The molecule has 4 heteroatoms. The van der Waals surface area contributed by atoms with Crippen molar-refractivity contribution in [3.05, 3.63) is 18.3 Å². The van der Waals surface area contributed by atoms with Gasteiger partial charge in [-0.3, -0.25) is 0 Å². The molecule has 4 nitrogen and oxygen atoms in total. The Morgan fingerprint density at radius 1 is 1.47 bits per heavy atom. The summed E-state index contributed by atoms with van der Waals surface area (Å²) in [5.74, 6) is 1.28. The molecule has 1 atom stereocenters. The molecule has 0 aliphatic heterocycles. The molecule has 0 radical (unpaired) electrons. The SMILES string of the molecule is CCCC(CCN)CNc1ccnc(OC)c1. The molecule has 0 fully saturated rings. The first-order valence-corrected chi connectivity index (χ1v) is 6.24. The third-order valence-electron chi connectivity index (χ3n) is 2.81. The number of pyridine rings is 1. The highest BCUT2D eigenvalue weighted by Gasteiger charge is 2.06. The van der Waals surface area contributed by atoms with Crippen molar-refractivity contribution in [2.45, 2.75) is 26.2 Å². The number of hydrogen-bond donors (Lipinski definition) is 2. The molecule has 0 saturated heterocycles. The van der Waals surface area contributed by atoms with Crippen LogP contribution in [-0.4, -0.2) is 25.2 Å². The van der Waals surface area contributed by atoms with E-state index in [0.717, 1.165) is 25.2 Å². The second kappa shape index (κ2) is 7.90. The van der Waals surface area contributed by atoms with Crippen LogP contribution in [0.1, 0.15) is 26.2 Å². The van der Waals surface area contributed by atoms with Crippen molar-refractivity contribution in [3.63, 3.8) is 0 Å². The number of nitrogens with one attached hydrogen (secondary N) is 1. The van der Waals surface area contributed by atoms with Gasteiger partial charge in [0.1, 0.15) is 0 Å². The zero-order valence-corrected chi connectivity index (χ0v) is 10.8. The normalized spacial score (nSPS) is 12.2. The fraction of sp³-hybridized carbons (Fsp3) is 0.615. The summed E-state index contributed by atoms with van der Waals surface area (Å²) < 4.78 is 5.09. The predicted molar refractivity (Wildman–Crippen MR) is 71.3 cm³/mol. The first kappa shape index (κ1) is 13.8. The number of anilines is 1. The third kappa shape index (κ3) is 5.04. The second-order valence-electron chi connectivity index (χ2n) is 4.20. The molecule has 0 spiro atoms. The molecule has 0 aromatic carbocycles. The Morgan fingerprint density at radius 3 is 2.94 bits per heavy atom. The summed E-state index contributed by atoms with van der Waals surface area (Å²) in [7, 11) is 1.63. The lowest BCUT2D eigenvalue weighted by atomic mass is 10.00. The number of nitrogens with two attached hydrogens (primary N) is 1.